The number of carbonyl (C=O) groups is 1. The lowest BCUT2D eigenvalue weighted by Crippen LogP contribution is -2.42. The number of esters is 1. The largest absolute Gasteiger partial charge is 0.490 e. The molecule has 4 aromatic rings. The van der Waals surface area contributed by atoms with E-state index in [0.29, 0.717) is 18.9 Å². The van der Waals surface area contributed by atoms with Crippen molar-refractivity contribution in [2.24, 2.45) is 0 Å². The molecule has 0 spiro atoms. The highest BCUT2D eigenvalue weighted by molar-refractivity contribution is 5.72. The summed E-state index contributed by atoms with van der Waals surface area (Å²) in [5.74, 6) is -0.0450. The van der Waals surface area contributed by atoms with Crippen LogP contribution in [0, 0.1) is 6.92 Å². The summed E-state index contributed by atoms with van der Waals surface area (Å²) in [5.41, 5.74) is 1.13. The van der Waals surface area contributed by atoms with E-state index in [0.717, 1.165) is 15.7 Å². The van der Waals surface area contributed by atoms with Crippen molar-refractivity contribution in [1.82, 2.24) is 18.7 Å². The first-order chi connectivity index (χ1) is 17.5. The van der Waals surface area contributed by atoms with Crippen molar-refractivity contribution in [3.8, 4) is 5.75 Å². The summed E-state index contributed by atoms with van der Waals surface area (Å²) in [4.78, 5) is 43.5. The molecule has 0 aliphatic carbocycles. The normalized spacial score (nSPS) is 11.1. The summed E-state index contributed by atoms with van der Waals surface area (Å²) in [6, 6.07) is 16.9. The molecule has 36 heavy (non-hydrogen) atoms. The zero-order valence-corrected chi connectivity index (χ0v) is 20.3. The predicted molar refractivity (Wildman–Crippen MR) is 133 cm³/mol. The number of hydrogen-bond donors (Lipinski definition) is 0. The van der Waals surface area contributed by atoms with Gasteiger partial charge in [-0.3, -0.25) is 14.2 Å². The number of rotatable bonds is 11. The van der Waals surface area contributed by atoms with Crippen molar-refractivity contribution < 1.29 is 19.0 Å². The summed E-state index contributed by atoms with van der Waals surface area (Å²) in [6.45, 7) is 2.46. The molecule has 0 fully saturated rings. The Balaban J connectivity index is 1.57. The Morgan fingerprint density at radius 3 is 2.53 bits per heavy atom. The molecule has 0 N–H and O–H groups in total. The quantitative estimate of drug-likeness (QED) is 0.233. The standard InChI is InChI=1S/C26H28N4O6/c1-19-7-6-10-21(15-19)35-13-14-36-22(31)17-30-25(32)23-24(27-18-28(23)11-12-34-2)29(26(30)33)16-20-8-4-3-5-9-20/h3-10,15,18H,11-14,16-17H2,1-2H3. The SMILES string of the molecule is COCCn1cnc2c1c(=O)n(CC(=O)OCCOc1cccc(C)c1)c(=O)n2Cc1ccccc1. The maximum Gasteiger partial charge on any atom is 0.333 e. The molecule has 0 aliphatic heterocycles. The van der Waals surface area contributed by atoms with Crippen LogP contribution < -0.4 is 16.0 Å². The molecule has 0 aliphatic rings. The van der Waals surface area contributed by atoms with E-state index < -0.39 is 23.8 Å². The van der Waals surface area contributed by atoms with E-state index in [1.54, 1.807) is 11.7 Å². The van der Waals surface area contributed by atoms with E-state index in [1.165, 1.54) is 10.9 Å². The van der Waals surface area contributed by atoms with Crippen molar-refractivity contribution in [2.45, 2.75) is 26.6 Å². The van der Waals surface area contributed by atoms with Crippen LogP contribution in [0.15, 0.2) is 70.5 Å². The van der Waals surface area contributed by atoms with Gasteiger partial charge in [-0.15, -0.1) is 0 Å². The van der Waals surface area contributed by atoms with Crippen LogP contribution in [0.3, 0.4) is 0 Å². The number of hydrogen-bond acceptors (Lipinski definition) is 7. The number of aryl methyl sites for hydroxylation is 1. The Morgan fingerprint density at radius 1 is 0.972 bits per heavy atom. The molecule has 0 amide bonds. The lowest BCUT2D eigenvalue weighted by atomic mass is 10.2. The summed E-state index contributed by atoms with van der Waals surface area (Å²) in [7, 11) is 1.56. The van der Waals surface area contributed by atoms with Crippen LogP contribution in [0.1, 0.15) is 11.1 Å². The third-order valence-electron chi connectivity index (χ3n) is 5.60. The van der Waals surface area contributed by atoms with Gasteiger partial charge in [-0.05, 0) is 30.2 Å². The second-order valence-corrected chi connectivity index (χ2v) is 8.23. The predicted octanol–water partition coefficient (Wildman–Crippen LogP) is 1.99. The Labute approximate surface area is 207 Å². The molecule has 0 saturated carbocycles. The van der Waals surface area contributed by atoms with Crippen LogP contribution in [-0.4, -0.2) is 51.6 Å². The smallest absolute Gasteiger partial charge is 0.333 e. The van der Waals surface area contributed by atoms with Gasteiger partial charge in [0.15, 0.2) is 11.2 Å². The first-order valence-electron chi connectivity index (χ1n) is 11.5. The maximum absolute atomic E-state index is 13.3. The van der Waals surface area contributed by atoms with E-state index in [-0.39, 0.29) is 30.9 Å². The van der Waals surface area contributed by atoms with Crippen LogP contribution in [0.4, 0.5) is 0 Å². The first kappa shape index (κ1) is 24.9. The molecule has 10 nitrogen and oxygen atoms in total. The number of ether oxygens (including phenoxy) is 3. The second-order valence-electron chi connectivity index (χ2n) is 8.23. The Morgan fingerprint density at radius 2 is 1.78 bits per heavy atom. The van der Waals surface area contributed by atoms with Gasteiger partial charge in [-0.25, -0.2) is 14.3 Å². The molecule has 0 bridgehead atoms. The second kappa shape index (κ2) is 11.5. The van der Waals surface area contributed by atoms with Gasteiger partial charge in [0.25, 0.3) is 5.56 Å². The molecule has 2 heterocycles. The van der Waals surface area contributed by atoms with Crippen molar-refractivity contribution in [3.63, 3.8) is 0 Å². The van der Waals surface area contributed by atoms with E-state index >= 15 is 0 Å². The van der Waals surface area contributed by atoms with E-state index in [9.17, 15) is 14.4 Å². The molecule has 0 radical (unpaired) electrons. The maximum atomic E-state index is 13.3. The topological polar surface area (TPSA) is 107 Å². The van der Waals surface area contributed by atoms with Gasteiger partial charge in [0, 0.05) is 13.7 Å². The van der Waals surface area contributed by atoms with Gasteiger partial charge < -0.3 is 18.8 Å². The van der Waals surface area contributed by atoms with Gasteiger partial charge in [-0.2, -0.15) is 0 Å². The first-order valence-corrected chi connectivity index (χ1v) is 11.5. The van der Waals surface area contributed by atoms with Crippen molar-refractivity contribution in [2.75, 3.05) is 26.9 Å². The molecule has 188 valence electrons. The van der Waals surface area contributed by atoms with E-state index in [4.69, 9.17) is 14.2 Å². The lowest BCUT2D eigenvalue weighted by Gasteiger charge is -2.13. The van der Waals surface area contributed by atoms with E-state index in [2.05, 4.69) is 4.98 Å². The number of methoxy groups -OCH3 is 1. The molecule has 2 aromatic carbocycles. The number of carbonyl (C=O) groups excluding carboxylic acids is 1. The molecular weight excluding hydrogens is 464 g/mol. The Bertz CT molecular complexity index is 1460. The monoisotopic (exact) mass is 492 g/mol. The van der Waals surface area contributed by atoms with Crippen LogP contribution in [0.5, 0.6) is 5.75 Å². The number of benzene rings is 2. The zero-order valence-electron chi connectivity index (χ0n) is 20.3. The Kier molecular flexibility index (Phi) is 7.96. The van der Waals surface area contributed by atoms with Gasteiger partial charge in [0.2, 0.25) is 0 Å². The number of fused-ring (bicyclic) bond motifs is 1. The van der Waals surface area contributed by atoms with E-state index in [1.807, 2.05) is 61.5 Å². The number of nitrogens with zero attached hydrogens (tertiary/aromatic N) is 4. The summed E-state index contributed by atoms with van der Waals surface area (Å²) in [5, 5.41) is 0. The van der Waals surface area contributed by atoms with Crippen molar-refractivity contribution in [1.29, 1.82) is 0 Å². The molecule has 0 unspecified atom stereocenters. The molecule has 0 atom stereocenters. The molecular formula is C26H28N4O6. The average molecular weight is 493 g/mol. The van der Waals surface area contributed by atoms with Gasteiger partial charge in [0.05, 0.1) is 19.5 Å². The highest BCUT2D eigenvalue weighted by Crippen LogP contribution is 2.12. The van der Waals surface area contributed by atoms with Crippen LogP contribution in [0.25, 0.3) is 11.2 Å². The molecule has 2 aromatic heterocycles. The van der Waals surface area contributed by atoms with Crippen LogP contribution in [0.2, 0.25) is 0 Å². The third-order valence-corrected chi connectivity index (χ3v) is 5.60. The van der Waals surface area contributed by atoms with Gasteiger partial charge in [0.1, 0.15) is 25.5 Å². The minimum atomic E-state index is -0.712. The highest BCUT2D eigenvalue weighted by Gasteiger charge is 2.20. The fourth-order valence-electron chi connectivity index (χ4n) is 3.84. The average Bonchev–Trinajstić information content (AvgIpc) is 3.30. The van der Waals surface area contributed by atoms with Crippen molar-refractivity contribution in [3.05, 3.63) is 92.9 Å². The molecule has 0 saturated heterocycles. The zero-order chi connectivity index (χ0) is 25.5. The number of aromatic nitrogens is 4. The molecule has 10 heteroatoms. The van der Waals surface area contributed by atoms with Gasteiger partial charge >= 0.3 is 11.7 Å². The fourth-order valence-corrected chi connectivity index (χ4v) is 3.84. The lowest BCUT2D eigenvalue weighted by molar-refractivity contribution is -0.145. The summed E-state index contributed by atoms with van der Waals surface area (Å²) < 4.78 is 19.9. The van der Waals surface area contributed by atoms with Crippen LogP contribution in [-0.2, 0) is 33.9 Å². The minimum absolute atomic E-state index is 0.0201. The van der Waals surface area contributed by atoms with Crippen molar-refractivity contribution >= 4 is 17.1 Å². The summed E-state index contributed by atoms with van der Waals surface area (Å²) >= 11 is 0. The Hall–Kier alpha value is -4.18. The highest BCUT2D eigenvalue weighted by atomic mass is 16.6. The fraction of sp³-hybridized carbons (Fsp3) is 0.308. The third kappa shape index (κ3) is 5.72. The molecule has 4 rings (SSSR count). The van der Waals surface area contributed by atoms with Gasteiger partial charge in [-0.1, -0.05) is 42.5 Å². The minimum Gasteiger partial charge on any atom is -0.490 e. The van der Waals surface area contributed by atoms with Crippen LogP contribution >= 0.6 is 0 Å². The number of imidazole rings is 1. The summed E-state index contributed by atoms with van der Waals surface area (Å²) in [6.07, 6.45) is 1.50.